The van der Waals surface area contributed by atoms with E-state index in [0.29, 0.717) is 13.1 Å². The van der Waals surface area contributed by atoms with Crippen LogP contribution in [0.3, 0.4) is 0 Å². The molecule has 1 saturated heterocycles. The summed E-state index contributed by atoms with van der Waals surface area (Å²) in [6.07, 6.45) is 3.03. The van der Waals surface area contributed by atoms with Crippen molar-refractivity contribution >= 4 is 22.7 Å². The lowest BCUT2D eigenvalue weighted by atomic mass is 10.1. The molecule has 1 fully saturated rings. The summed E-state index contributed by atoms with van der Waals surface area (Å²) < 4.78 is 14.9. The van der Waals surface area contributed by atoms with Crippen molar-refractivity contribution < 1.29 is 14.0 Å². The van der Waals surface area contributed by atoms with E-state index in [9.17, 15) is 14.0 Å². The molecule has 3 rings (SSSR count). The highest BCUT2D eigenvalue weighted by atomic mass is 19.1. The lowest BCUT2D eigenvalue weighted by molar-refractivity contribution is -0.133. The largest absolute Gasteiger partial charge is 0.348 e. The number of likely N-dealkylation sites (tertiary alicyclic amines) is 1. The number of nitrogens with zero attached hydrogens (tertiary/aromatic N) is 2. The van der Waals surface area contributed by atoms with E-state index in [1.807, 2.05) is 0 Å². The molecule has 1 N–H and O–H groups in total. The number of carbonyl (C=O) groups is 2. The lowest BCUT2D eigenvalue weighted by Crippen LogP contribution is -2.61. The van der Waals surface area contributed by atoms with Gasteiger partial charge in [0.2, 0.25) is 11.8 Å². The number of hydrogen-bond acceptors (Lipinski definition) is 2. The lowest BCUT2D eigenvalue weighted by Gasteiger charge is -2.38. The van der Waals surface area contributed by atoms with Gasteiger partial charge in [0.05, 0.1) is 6.04 Å². The van der Waals surface area contributed by atoms with E-state index in [-0.39, 0.29) is 30.2 Å². The van der Waals surface area contributed by atoms with Crippen LogP contribution in [0.4, 0.5) is 4.39 Å². The standard InChI is InChI=1S/C16H16FN3O2/c1-2-16(22)20-8-13(9-20)18-15(21)10-19-6-5-11-7-12(17)3-4-14(11)19/h2-7,13H,1,8-10H2,(H,18,21). The maximum absolute atomic E-state index is 13.1. The number of rotatable bonds is 4. The highest BCUT2D eigenvalue weighted by Crippen LogP contribution is 2.17. The maximum Gasteiger partial charge on any atom is 0.246 e. The number of nitrogens with one attached hydrogen (secondary N) is 1. The summed E-state index contributed by atoms with van der Waals surface area (Å²) in [5.74, 6) is -0.544. The van der Waals surface area contributed by atoms with Gasteiger partial charge in [0.25, 0.3) is 0 Å². The average Bonchev–Trinajstić information content (AvgIpc) is 2.83. The smallest absolute Gasteiger partial charge is 0.246 e. The normalized spacial score (nSPS) is 14.7. The van der Waals surface area contributed by atoms with Gasteiger partial charge in [-0.25, -0.2) is 4.39 Å². The second kappa shape index (κ2) is 5.63. The first kappa shape index (κ1) is 14.3. The van der Waals surface area contributed by atoms with Gasteiger partial charge in [-0.15, -0.1) is 0 Å². The van der Waals surface area contributed by atoms with E-state index in [1.165, 1.54) is 18.2 Å². The third-order valence-electron chi connectivity index (χ3n) is 3.78. The first-order chi connectivity index (χ1) is 10.6. The summed E-state index contributed by atoms with van der Waals surface area (Å²) >= 11 is 0. The first-order valence-electron chi connectivity index (χ1n) is 7.02. The molecule has 1 aliphatic rings. The molecule has 1 aliphatic heterocycles. The molecule has 2 amide bonds. The van der Waals surface area contributed by atoms with Crippen molar-refractivity contribution in [2.24, 2.45) is 0 Å². The fraction of sp³-hybridized carbons (Fsp3) is 0.250. The van der Waals surface area contributed by atoms with E-state index < -0.39 is 0 Å². The zero-order valence-electron chi connectivity index (χ0n) is 12.0. The summed E-state index contributed by atoms with van der Waals surface area (Å²) in [6.45, 7) is 4.61. The Morgan fingerprint density at radius 2 is 2.14 bits per heavy atom. The molecule has 0 unspecified atom stereocenters. The number of hydrogen-bond donors (Lipinski definition) is 1. The van der Waals surface area contributed by atoms with Crippen LogP contribution in [0.15, 0.2) is 43.1 Å². The number of carbonyl (C=O) groups excluding carboxylic acids is 2. The molecule has 1 aromatic heterocycles. The number of fused-ring (bicyclic) bond motifs is 1. The van der Waals surface area contributed by atoms with Gasteiger partial charge in [-0.2, -0.15) is 0 Å². The highest BCUT2D eigenvalue weighted by Gasteiger charge is 2.30. The van der Waals surface area contributed by atoms with E-state index >= 15 is 0 Å². The molecule has 0 saturated carbocycles. The Kier molecular flexibility index (Phi) is 3.66. The second-order valence-electron chi connectivity index (χ2n) is 5.36. The summed E-state index contributed by atoms with van der Waals surface area (Å²) in [5.41, 5.74) is 0.814. The van der Waals surface area contributed by atoms with Gasteiger partial charge in [0, 0.05) is 30.2 Å². The summed E-state index contributed by atoms with van der Waals surface area (Å²) in [7, 11) is 0. The molecular weight excluding hydrogens is 285 g/mol. The Labute approximate surface area is 127 Å². The van der Waals surface area contributed by atoms with Gasteiger partial charge in [-0.3, -0.25) is 9.59 Å². The zero-order chi connectivity index (χ0) is 15.7. The van der Waals surface area contributed by atoms with Crippen molar-refractivity contribution in [2.45, 2.75) is 12.6 Å². The zero-order valence-corrected chi connectivity index (χ0v) is 12.0. The molecule has 5 nitrogen and oxygen atoms in total. The predicted molar refractivity (Wildman–Crippen MR) is 80.6 cm³/mol. The minimum atomic E-state index is -0.295. The molecule has 0 radical (unpaired) electrons. The fourth-order valence-electron chi connectivity index (χ4n) is 2.62. The average molecular weight is 301 g/mol. The van der Waals surface area contributed by atoms with Gasteiger partial charge >= 0.3 is 0 Å². The van der Waals surface area contributed by atoms with Crippen molar-refractivity contribution in [2.75, 3.05) is 13.1 Å². The number of halogens is 1. The number of amides is 2. The van der Waals surface area contributed by atoms with Gasteiger partial charge in [0.1, 0.15) is 12.4 Å². The summed E-state index contributed by atoms with van der Waals surface area (Å²) in [6, 6.07) is 6.23. The summed E-state index contributed by atoms with van der Waals surface area (Å²) in [5, 5.41) is 3.64. The van der Waals surface area contributed by atoms with Crippen LogP contribution >= 0.6 is 0 Å². The molecule has 0 aliphatic carbocycles. The Morgan fingerprint density at radius 3 is 2.86 bits per heavy atom. The van der Waals surface area contributed by atoms with E-state index in [4.69, 9.17) is 0 Å². The van der Waals surface area contributed by atoms with Gasteiger partial charge < -0.3 is 14.8 Å². The molecule has 114 valence electrons. The van der Waals surface area contributed by atoms with Crippen LogP contribution in [0, 0.1) is 5.82 Å². The maximum atomic E-state index is 13.1. The van der Waals surface area contributed by atoms with Crippen LogP contribution in [0.25, 0.3) is 10.9 Å². The fourth-order valence-corrected chi connectivity index (χ4v) is 2.62. The van der Waals surface area contributed by atoms with Crippen LogP contribution in [0.1, 0.15) is 0 Å². The SMILES string of the molecule is C=CC(=O)N1CC(NC(=O)Cn2ccc3cc(F)ccc32)C1. The minimum absolute atomic E-state index is 0.0179. The molecule has 2 heterocycles. The third-order valence-corrected chi connectivity index (χ3v) is 3.78. The van der Waals surface area contributed by atoms with Crippen LogP contribution in [0.5, 0.6) is 0 Å². The Bertz CT molecular complexity index is 747. The van der Waals surface area contributed by atoms with Gasteiger partial charge in [-0.1, -0.05) is 6.58 Å². The molecule has 2 aromatic rings. The van der Waals surface area contributed by atoms with Crippen molar-refractivity contribution in [1.29, 1.82) is 0 Å². The van der Waals surface area contributed by atoms with Crippen LogP contribution < -0.4 is 5.32 Å². The van der Waals surface area contributed by atoms with Crippen molar-refractivity contribution in [1.82, 2.24) is 14.8 Å². The van der Waals surface area contributed by atoms with Crippen molar-refractivity contribution in [3.05, 3.63) is 48.9 Å². The second-order valence-corrected chi connectivity index (χ2v) is 5.36. The van der Waals surface area contributed by atoms with Gasteiger partial charge in [-0.05, 0) is 30.3 Å². The molecule has 0 spiro atoms. The van der Waals surface area contributed by atoms with Crippen molar-refractivity contribution in [3.8, 4) is 0 Å². The van der Waals surface area contributed by atoms with Crippen LogP contribution in [-0.4, -0.2) is 40.4 Å². The molecule has 6 heteroatoms. The minimum Gasteiger partial charge on any atom is -0.348 e. The third kappa shape index (κ3) is 2.72. The molecular formula is C16H16FN3O2. The van der Waals surface area contributed by atoms with Crippen LogP contribution in [0.2, 0.25) is 0 Å². The topological polar surface area (TPSA) is 54.3 Å². The van der Waals surface area contributed by atoms with Crippen LogP contribution in [-0.2, 0) is 16.1 Å². The Balaban J connectivity index is 1.58. The van der Waals surface area contributed by atoms with Gasteiger partial charge in [0.15, 0.2) is 0 Å². The highest BCUT2D eigenvalue weighted by molar-refractivity contribution is 5.88. The number of aromatic nitrogens is 1. The Morgan fingerprint density at radius 1 is 1.36 bits per heavy atom. The number of benzene rings is 1. The Hall–Kier alpha value is -2.63. The molecule has 0 bridgehead atoms. The predicted octanol–water partition coefficient (Wildman–Crippen LogP) is 1.29. The molecule has 1 aromatic carbocycles. The van der Waals surface area contributed by atoms with E-state index in [0.717, 1.165) is 10.9 Å². The van der Waals surface area contributed by atoms with Crippen molar-refractivity contribution in [3.63, 3.8) is 0 Å². The quantitative estimate of drug-likeness (QED) is 0.865. The molecule has 0 atom stereocenters. The van der Waals surface area contributed by atoms with E-state index in [2.05, 4.69) is 11.9 Å². The van der Waals surface area contributed by atoms with E-state index in [1.54, 1.807) is 27.8 Å². The molecule has 22 heavy (non-hydrogen) atoms. The first-order valence-corrected chi connectivity index (χ1v) is 7.02. The monoisotopic (exact) mass is 301 g/mol. The summed E-state index contributed by atoms with van der Waals surface area (Å²) in [4.78, 5) is 25.0.